The third kappa shape index (κ3) is 3.56. The summed E-state index contributed by atoms with van der Waals surface area (Å²) in [6, 6.07) is 0.0834. The Kier molecular flexibility index (Phi) is 4.78. The molecule has 0 bridgehead atoms. The number of esters is 1. The predicted molar refractivity (Wildman–Crippen MR) is 77.3 cm³/mol. The number of hydrogen-bond acceptors (Lipinski definition) is 6. The Labute approximate surface area is 123 Å². The molecule has 1 aromatic rings. The molecular formula is C14H22N2O3S. The first-order chi connectivity index (χ1) is 9.49. The molecular weight excluding hydrogens is 276 g/mol. The summed E-state index contributed by atoms with van der Waals surface area (Å²) in [6.07, 6.45) is 2.56. The van der Waals surface area contributed by atoms with Gasteiger partial charge in [-0.2, -0.15) is 5.06 Å². The topological polar surface area (TPSA) is 51.7 Å². The highest BCUT2D eigenvalue weighted by Gasteiger charge is 2.47. The summed E-state index contributed by atoms with van der Waals surface area (Å²) in [5.41, 5.74) is 1.03. The van der Waals surface area contributed by atoms with Crippen LogP contribution in [-0.2, 0) is 14.4 Å². The molecule has 0 saturated heterocycles. The number of ether oxygens (including phenoxy) is 1. The smallest absolute Gasteiger partial charge is 0.306 e. The Morgan fingerprint density at radius 1 is 1.55 bits per heavy atom. The molecule has 0 amide bonds. The van der Waals surface area contributed by atoms with Crippen molar-refractivity contribution >= 4 is 17.3 Å². The minimum atomic E-state index is -0.143. The molecule has 0 spiro atoms. The Bertz CT molecular complexity index is 471. The second-order valence-electron chi connectivity index (χ2n) is 5.48. The number of aromatic nitrogens is 1. The van der Waals surface area contributed by atoms with Crippen LogP contribution >= 0.6 is 11.3 Å². The molecule has 0 aromatic carbocycles. The summed E-state index contributed by atoms with van der Waals surface area (Å²) in [4.78, 5) is 21.5. The van der Waals surface area contributed by atoms with Crippen molar-refractivity contribution in [2.75, 3.05) is 20.8 Å². The molecule has 112 valence electrons. The number of nitrogens with zero attached hydrogens (tertiary/aromatic N) is 2. The number of aryl methyl sites for hydroxylation is 1. The van der Waals surface area contributed by atoms with Gasteiger partial charge in [0.2, 0.25) is 0 Å². The van der Waals surface area contributed by atoms with Crippen LogP contribution in [0.2, 0.25) is 0 Å². The number of carbonyl (C=O) groups is 1. The summed E-state index contributed by atoms with van der Waals surface area (Å²) in [5.74, 6) is -0.143. The van der Waals surface area contributed by atoms with E-state index >= 15 is 0 Å². The van der Waals surface area contributed by atoms with E-state index in [0.29, 0.717) is 6.42 Å². The molecule has 1 saturated carbocycles. The second kappa shape index (κ2) is 6.20. The summed E-state index contributed by atoms with van der Waals surface area (Å²) in [6.45, 7) is 4.81. The van der Waals surface area contributed by atoms with Crippen molar-refractivity contribution in [3.05, 3.63) is 16.1 Å². The molecule has 1 aliphatic carbocycles. The molecule has 1 unspecified atom stereocenters. The maximum Gasteiger partial charge on any atom is 0.306 e. The number of thiazole rings is 1. The standard InChI is InChI=1S/C14H22N2O3S/c1-10(12-8-20-11(2)15-12)16(19-4)9-14(5-6-14)7-13(17)18-3/h8,10H,5-7,9H2,1-4H3. The van der Waals surface area contributed by atoms with Crippen molar-refractivity contribution in [1.29, 1.82) is 0 Å². The molecule has 1 fully saturated rings. The first kappa shape index (κ1) is 15.4. The van der Waals surface area contributed by atoms with Crippen LogP contribution < -0.4 is 0 Å². The fraction of sp³-hybridized carbons (Fsp3) is 0.714. The Morgan fingerprint density at radius 3 is 2.70 bits per heavy atom. The minimum Gasteiger partial charge on any atom is -0.469 e. The maximum absolute atomic E-state index is 11.5. The molecule has 0 radical (unpaired) electrons. The highest BCUT2D eigenvalue weighted by atomic mass is 32.1. The van der Waals surface area contributed by atoms with Gasteiger partial charge < -0.3 is 9.57 Å². The zero-order chi connectivity index (χ0) is 14.8. The first-order valence-corrected chi connectivity index (χ1v) is 7.67. The highest BCUT2D eigenvalue weighted by molar-refractivity contribution is 7.09. The molecule has 1 aromatic heterocycles. The third-order valence-corrected chi connectivity index (χ3v) is 4.72. The molecule has 1 aliphatic rings. The van der Waals surface area contributed by atoms with Crippen LogP contribution in [-0.4, -0.2) is 36.8 Å². The van der Waals surface area contributed by atoms with Crippen LogP contribution in [0.25, 0.3) is 0 Å². The molecule has 6 heteroatoms. The number of methoxy groups -OCH3 is 1. The minimum absolute atomic E-state index is 0.0163. The molecule has 5 nitrogen and oxygen atoms in total. The first-order valence-electron chi connectivity index (χ1n) is 6.79. The average molecular weight is 298 g/mol. The number of hydrogen-bond donors (Lipinski definition) is 0. The quantitative estimate of drug-likeness (QED) is 0.572. The van der Waals surface area contributed by atoms with Gasteiger partial charge in [0.25, 0.3) is 0 Å². The van der Waals surface area contributed by atoms with Crippen LogP contribution in [0.4, 0.5) is 0 Å². The fourth-order valence-corrected chi connectivity index (χ4v) is 3.05. The van der Waals surface area contributed by atoms with Gasteiger partial charge in [0.1, 0.15) is 0 Å². The van der Waals surface area contributed by atoms with Crippen LogP contribution in [0, 0.1) is 12.3 Å². The Hall–Kier alpha value is -0.980. The summed E-state index contributed by atoms with van der Waals surface area (Å²) in [5, 5.41) is 5.04. The summed E-state index contributed by atoms with van der Waals surface area (Å²) in [7, 11) is 3.11. The molecule has 0 aliphatic heterocycles. The molecule has 20 heavy (non-hydrogen) atoms. The van der Waals surface area contributed by atoms with E-state index in [2.05, 4.69) is 17.3 Å². The van der Waals surface area contributed by atoms with Crippen molar-refractivity contribution in [3.8, 4) is 0 Å². The number of carbonyl (C=O) groups excluding carboxylic acids is 1. The van der Waals surface area contributed by atoms with E-state index in [0.717, 1.165) is 30.1 Å². The van der Waals surface area contributed by atoms with Crippen LogP contribution in [0.3, 0.4) is 0 Å². The van der Waals surface area contributed by atoms with Gasteiger partial charge in [0.15, 0.2) is 0 Å². The van der Waals surface area contributed by atoms with Gasteiger partial charge in [-0.15, -0.1) is 11.3 Å². The Balaban J connectivity index is 2.00. The van der Waals surface area contributed by atoms with Crippen molar-refractivity contribution in [2.24, 2.45) is 5.41 Å². The monoisotopic (exact) mass is 298 g/mol. The fourth-order valence-electron chi connectivity index (χ4n) is 2.36. The van der Waals surface area contributed by atoms with Gasteiger partial charge in [-0.3, -0.25) is 4.79 Å². The average Bonchev–Trinajstić information content (AvgIpc) is 3.05. The molecule has 2 rings (SSSR count). The zero-order valence-corrected chi connectivity index (χ0v) is 13.3. The lowest BCUT2D eigenvalue weighted by atomic mass is 10.0. The lowest BCUT2D eigenvalue weighted by Gasteiger charge is -2.29. The van der Waals surface area contributed by atoms with Crippen LogP contribution in [0.1, 0.15) is 42.9 Å². The lowest BCUT2D eigenvalue weighted by molar-refractivity contribution is -0.173. The van der Waals surface area contributed by atoms with Gasteiger partial charge in [-0.05, 0) is 32.1 Å². The van der Waals surface area contributed by atoms with E-state index in [-0.39, 0.29) is 17.4 Å². The van der Waals surface area contributed by atoms with Crippen molar-refractivity contribution < 1.29 is 14.4 Å². The molecule has 0 N–H and O–H groups in total. The van der Waals surface area contributed by atoms with Crippen molar-refractivity contribution in [2.45, 2.75) is 39.2 Å². The van der Waals surface area contributed by atoms with Gasteiger partial charge >= 0.3 is 5.97 Å². The van der Waals surface area contributed by atoms with Crippen LogP contribution in [0.15, 0.2) is 5.38 Å². The third-order valence-electron chi connectivity index (χ3n) is 3.93. The molecule has 1 heterocycles. The van der Waals surface area contributed by atoms with E-state index < -0.39 is 0 Å². The van der Waals surface area contributed by atoms with Gasteiger partial charge in [-0.25, -0.2) is 4.98 Å². The number of rotatable bonds is 7. The maximum atomic E-state index is 11.5. The van der Waals surface area contributed by atoms with Crippen molar-refractivity contribution in [1.82, 2.24) is 10.0 Å². The van der Waals surface area contributed by atoms with E-state index in [1.165, 1.54) is 7.11 Å². The second-order valence-corrected chi connectivity index (χ2v) is 6.54. The summed E-state index contributed by atoms with van der Waals surface area (Å²) < 4.78 is 4.78. The van der Waals surface area contributed by atoms with Crippen LogP contribution in [0.5, 0.6) is 0 Å². The van der Waals surface area contributed by atoms with E-state index in [9.17, 15) is 4.79 Å². The molecule has 1 atom stereocenters. The Morgan fingerprint density at radius 2 is 2.25 bits per heavy atom. The van der Waals surface area contributed by atoms with Gasteiger partial charge in [0, 0.05) is 11.9 Å². The van der Waals surface area contributed by atoms with Gasteiger partial charge in [0.05, 0.1) is 37.4 Å². The lowest BCUT2D eigenvalue weighted by Crippen LogP contribution is -2.33. The van der Waals surface area contributed by atoms with E-state index in [4.69, 9.17) is 9.57 Å². The normalized spacial score (nSPS) is 18.1. The van der Waals surface area contributed by atoms with Crippen molar-refractivity contribution in [3.63, 3.8) is 0 Å². The largest absolute Gasteiger partial charge is 0.469 e. The van der Waals surface area contributed by atoms with Gasteiger partial charge in [-0.1, -0.05) is 0 Å². The SMILES string of the molecule is COC(=O)CC1(CN(OC)C(C)c2csc(C)n2)CC1. The van der Waals surface area contributed by atoms with E-state index in [1.807, 2.05) is 12.0 Å². The number of hydroxylamine groups is 2. The predicted octanol–water partition coefficient (Wildman–Crippen LogP) is 2.72. The zero-order valence-electron chi connectivity index (χ0n) is 12.5. The summed E-state index contributed by atoms with van der Waals surface area (Å²) >= 11 is 1.64. The highest BCUT2D eigenvalue weighted by Crippen LogP contribution is 2.50. The van der Waals surface area contributed by atoms with E-state index in [1.54, 1.807) is 18.4 Å².